The van der Waals surface area contributed by atoms with Crippen molar-refractivity contribution >= 4 is 52.3 Å². The zero-order valence-electron chi connectivity index (χ0n) is 23.3. The van der Waals surface area contributed by atoms with Crippen LogP contribution in [0.3, 0.4) is 0 Å². The number of esters is 2. The predicted molar refractivity (Wildman–Crippen MR) is 156 cm³/mol. The van der Waals surface area contributed by atoms with E-state index in [-0.39, 0.29) is 54.4 Å². The average Bonchev–Trinajstić information content (AvgIpc) is 3.36. The highest BCUT2D eigenvalue weighted by Gasteiger charge is 2.45. The Labute approximate surface area is 252 Å². The number of aromatic nitrogens is 1. The lowest BCUT2D eigenvalue weighted by Gasteiger charge is -2.31. The normalized spacial score (nSPS) is 17.0. The maximum Gasteiger partial charge on any atom is 0.343 e. The first-order valence-electron chi connectivity index (χ1n) is 13.3. The molecule has 3 heterocycles. The Morgan fingerprint density at radius 3 is 2.60 bits per heavy atom. The Kier molecular flexibility index (Phi) is 9.73. The molecule has 0 spiro atoms. The number of aliphatic hydroxyl groups is 1. The number of Topliss-reactive ketones (excluding diaryl/α,β-unsaturated/α-hetero) is 1. The molecule has 2 aliphatic heterocycles. The number of cyclic esters (lactones) is 1. The molecule has 0 saturated carbocycles. The van der Waals surface area contributed by atoms with E-state index in [0.29, 0.717) is 40.1 Å². The Morgan fingerprint density at radius 2 is 1.88 bits per heavy atom. The van der Waals surface area contributed by atoms with E-state index in [9.17, 15) is 24.3 Å². The van der Waals surface area contributed by atoms with Crippen LogP contribution in [0.4, 0.5) is 11.4 Å². The SMILES string of the molecule is CCOCOC(=O)c1ccccc1Nc1c(Cl)ccc(C)c1Cl.CC[C@@]1(O)C(=O)OCc2c1cc1n(c2=O)CCC1=O. The number of hydrogen-bond donors (Lipinski definition) is 2. The molecule has 5 rings (SSSR count). The Bertz CT molecular complexity index is 1600. The monoisotopic (exact) mass is 616 g/mol. The zero-order chi connectivity index (χ0) is 30.6. The van der Waals surface area contributed by atoms with Crippen LogP contribution in [0, 0.1) is 6.92 Å². The number of pyridine rings is 1. The van der Waals surface area contributed by atoms with Gasteiger partial charge in [-0.25, -0.2) is 9.59 Å². The first-order chi connectivity index (χ1) is 20.0. The zero-order valence-corrected chi connectivity index (χ0v) is 24.8. The minimum Gasteiger partial charge on any atom is -0.458 e. The van der Waals surface area contributed by atoms with Gasteiger partial charge in [-0.05, 0) is 50.1 Å². The molecule has 3 aromatic rings. The summed E-state index contributed by atoms with van der Waals surface area (Å²) in [6.45, 7) is 5.92. The minimum absolute atomic E-state index is 0.0877. The highest BCUT2D eigenvalue weighted by Crippen LogP contribution is 2.36. The standard InChI is InChI=1S/C17H17Cl2NO3.C13H13NO5/c1-3-22-10-23-17(21)12-6-4-5-7-14(12)20-16-13(18)9-8-11(2)15(16)19;1-2-13(18)8-5-9-10(15)3-4-14(9)11(16)7(8)6-19-12(13)17/h4-9,20H,3,10H2,1-2H3;5,18H,2-4,6H2,1H3/t;13-/m.0/s1. The van der Waals surface area contributed by atoms with E-state index in [1.165, 1.54) is 10.6 Å². The lowest BCUT2D eigenvalue weighted by molar-refractivity contribution is -0.172. The molecule has 222 valence electrons. The van der Waals surface area contributed by atoms with Crippen LogP contribution in [0.15, 0.2) is 47.3 Å². The highest BCUT2D eigenvalue weighted by molar-refractivity contribution is 6.39. The van der Waals surface area contributed by atoms with Crippen LogP contribution in [0.2, 0.25) is 10.0 Å². The maximum atomic E-state index is 12.3. The molecule has 2 aliphatic rings. The topological polar surface area (TPSA) is 133 Å². The van der Waals surface area contributed by atoms with Crippen molar-refractivity contribution in [2.24, 2.45) is 0 Å². The van der Waals surface area contributed by atoms with Gasteiger partial charge in [0.25, 0.3) is 5.56 Å². The summed E-state index contributed by atoms with van der Waals surface area (Å²) in [5.41, 5.74) is 0.950. The molecule has 1 aromatic heterocycles. The summed E-state index contributed by atoms with van der Waals surface area (Å²) < 4.78 is 16.4. The third-order valence-corrected chi connectivity index (χ3v) is 7.86. The van der Waals surface area contributed by atoms with Gasteiger partial charge in [0.2, 0.25) is 0 Å². The fraction of sp³-hybridized carbons (Fsp3) is 0.333. The van der Waals surface area contributed by atoms with E-state index in [4.69, 9.17) is 37.4 Å². The molecule has 1 atom stereocenters. The van der Waals surface area contributed by atoms with Gasteiger partial charge in [-0.2, -0.15) is 0 Å². The van der Waals surface area contributed by atoms with E-state index in [0.717, 1.165) is 5.56 Å². The summed E-state index contributed by atoms with van der Waals surface area (Å²) >= 11 is 12.5. The van der Waals surface area contributed by atoms with Crippen LogP contribution >= 0.6 is 23.2 Å². The first-order valence-corrected chi connectivity index (χ1v) is 14.0. The molecule has 10 nitrogen and oxygen atoms in total. The number of fused-ring (bicyclic) bond motifs is 2. The number of aryl methyl sites for hydroxylation is 1. The van der Waals surface area contributed by atoms with Crippen LogP contribution < -0.4 is 10.9 Å². The van der Waals surface area contributed by atoms with Crippen LogP contribution in [0.25, 0.3) is 0 Å². The largest absolute Gasteiger partial charge is 0.458 e. The fourth-order valence-electron chi connectivity index (χ4n) is 4.63. The number of carbonyl (C=O) groups is 3. The molecular formula is C30H30Cl2N2O8. The first kappa shape index (κ1) is 31.2. The van der Waals surface area contributed by atoms with Gasteiger partial charge in [-0.3, -0.25) is 9.59 Å². The van der Waals surface area contributed by atoms with Crippen molar-refractivity contribution in [3.63, 3.8) is 0 Å². The molecule has 0 amide bonds. The lowest BCUT2D eigenvalue weighted by atomic mass is 9.86. The molecule has 0 unspecified atom stereocenters. The number of hydrogen-bond acceptors (Lipinski definition) is 9. The van der Waals surface area contributed by atoms with Gasteiger partial charge in [-0.1, -0.05) is 48.3 Å². The number of anilines is 2. The minimum atomic E-state index is -1.83. The van der Waals surface area contributed by atoms with Crippen molar-refractivity contribution in [1.82, 2.24) is 4.57 Å². The molecule has 42 heavy (non-hydrogen) atoms. The Balaban J connectivity index is 0.000000196. The number of ketones is 1. The Hall–Kier alpha value is -3.70. The number of benzene rings is 2. The van der Waals surface area contributed by atoms with Crippen molar-refractivity contribution < 1.29 is 33.7 Å². The number of nitrogens with zero attached hydrogens (tertiary/aromatic N) is 1. The maximum absolute atomic E-state index is 12.3. The molecule has 0 radical (unpaired) electrons. The summed E-state index contributed by atoms with van der Waals surface area (Å²) in [4.78, 5) is 47.9. The van der Waals surface area contributed by atoms with E-state index < -0.39 is 17.5 Å². The second kappa shape index (κ2) is 13.1. The molecule has 12 heteroatoms. The molecule has 0 saturated heterocycles. The quantitative estimate of drug-likeness (QED) is 0.206. The van der Waals surface area contributed by atoms with Crippen LogP contribution in [-0.4, -0.2) is 40.8 Å². The van der Waals surface area contributed by atoms with Crippen molar-refractivity contribution in [3.05, 3.63) is 90.8 Å². The molecule has 0 fully saturated rings. The summed E-state index contributed by atoms with van der Waals surface area (Å²) in [5, 5.41) is 14.5. The smallest absolute Gasteiger partial charge is 0.343 e. The van der Waals surface area contributed by atoms with Gasteiger partial charge in [0, 0.05) is 25.1 Å². The number of para-hydroxylation sites is 1. The van der Waals surface area contributed by atoms with Crippen molar-refractivity contribution in [1.29, 1.82) is 0 Å². The van der Waals surface area contributed by atoms with Gasteiger partial charge in [0.15, 0.2) is 18.2 Å². The molecular weight excluding hydrogens is 587 g/mol. The highest BCUT2D eigenvalue weighted by atomic mass is 35.5. The lowest BCUT2D eigenvalue weighted by Crippen LogP contribution is -2.44. The van der Waals surface area contributed by atoms with Gasteiger partial charge >= 0.3 is 11.9 Å². The summed E-state index contributed by atoms with van der Waals surface area (Å²) in [6.07, 6.45) is 0.368. The molecule has 0 aliphatic carbocycles. The third kappa shape index (κ3) is 6.07. The number of halogens is 2. The van der Waals surface area contributed by atoms with E-state index in [2.05, 4.69) is 5.32 Å². The summed E-state index contributed by atoms with van der Waals surface area (Å²) in [5.74, 6) is -1.39. The predicted octanol–water partition coefficient (Wildman–Crippen LogP) is 5.29. The summed E-state index contributed by atoms with van der Waals surface area (Å²) in [7, 11) is 0. The van der Waals surface area contributed by atoms with Gasteiger partial charge in [0.05, 0.1) is 38.2 Å². The number of carbonyl (C=O) groups excluding carboxylic acids is 3. The second-order valence-corrected chi connectivity index (χ2v) is 10.4. The molecule has 0 bridgehead atoms. The number of nitrogens with one attached hydrogen (secondary N) is 1. The van der Waals surface area contributed by atoms with Crippen LogP contribution in [-0.2, 0) is 37.8 Å². The summed E-state index contributed by atoms with van der Waals surface area (Å²) in [6, 6.07) is 12.0. The van der Waals surface area contributed by atoms with Crippen molar-refractivity contribution in [2.75, 3.05) is 18.7 Å². The molecule has 2 N–H and O–H groups in total. The van der Waals surface area contributed by atoms with E-state index in [1.54, 1.807) is 37.3 Å². The third-order valence-electron chi connectivity index (χ3n) is 7.06. The number of ether oxygens (including phenoxy) is 3. The second-order valence-electron chi connectivity index (χ2n) is 9.61. The van der Waals surface area contributed by atoms with Gasteiger partial charge in [-0.15, -0.1) is 0 Å². The van der Waals surface area contributed by atoms with Gasteiger partial charge in [0.1, 0.15) is 6.61 Å². The van der Waals surface area contributed by atoms with E-state index >= 15 is 0 Å². The van der Waals surface area contributed by atoms with Crippen molar-refractivity contribution in [2.45, 2.75) is 52.4 Å². The van der Waals surface area contributed by atoms with Crippen LogP contribution in [0.5, 0.6) is 0 Å². The fourth-order valence-corrected chi connectivity index (χ4v) is 5.09. The number of rotatable bonds is 7. The van der Waals surface area contributed by atoms with E-state index in [1.807, 2.05) is 19.9 Å². The van der Waals surface area contributed by atoms with Crippen molar-refractivity contribution in [3.8, 4) is 0 Å². The van der Waals surface area contributed by atoms with Gasteiger partial charge < -0.3 is 29.2 Å². The average molecular weight is 617 g/mol. The van der Waals surface area contributed by atoms with Crippen LogP contribution in [0.1, 0.15) is 64.2 Å². The molecule has 2 aromatic carbocycles. The Morgan fingerprint density at radius 1 is 1.14 bits per heavy atom.